The van der Waals surface area contributed by atoms with Gasteiger partial charge >= 0.3 is 5.69 Å². The monoisotopic (exact) mass is 304 g/mol. The molecule has 21 heavy (non-hydrogen) atoms. The van der Waals surface area contributed by atoms with Gasteiger partial charge in [0.05, 0.1) is 18.1 Å². The number of para-hydroxylation sites is 1. The number of rotatable bonds is 7. The number of hydrogen-bond acceptors (Lipinski definition) is 6. The first-order chi connectivity index (χ1) is 9.92. The standard InChI is InChI=1S/C11H14F2N4O4/c12-9(13)6-16(4-5-18)11(19)7-2-1-3-8(15-14)10(7)17(20)21/h1-3,9,15,18H,4-6,14H2. The Hall–Kier alpha value is -2.33. The number of amides is 1. The molecule has 0 atom stereocenters. The van der Waals surface area contributed by atoms with E-state index in [2.05, 4.69) is 5.43 Å². The average Bonchev–Trinajstić information content (AvgIpc) is 2.44. The van der Waals surface area contributed by atoms with E-state index in [1.54, 1.807) is 0 Å². The summed E-state index contributed by atoms with van der Waals surface area (Å²) < 4.78 is 24.9. The zero-order valence-corrected chi connectivity index (χ0v) is 10.8. The maximum atomic E-state index is 12.4. The van der Waals surface area contributed by atoms with Crippen LogP contribution in [-0.4, -0.2) is 47.0 Å². The number of anilines is 1. The third-order valence-corrected chi connectivity index (χ3v) is 2.62. The van der Waals surface area contributed by atoms with Gasteiger partial charge in [0.25, 0.3) is 12.3 Å². The van der Waals surface area contributed by atoms with Crippen LogP contribution in [-0.2, 0) is 0 Å². The molecule has 1 rings (SSSR count). The number of carbonyl (C=O) groups excluding carboxylic acids is 1. The number of nitrogen functional groups attached to an aromatic ring is 1. The minimum Gasteiger partial charge on any atom is -0.395 e. The van der Waals surface area contributed by atoms with Crippen molar-refractivity contribution in [1.82, 2.24) is 4.90 Å². The topological polar surface area (TPSA) is 122 Å². The Kier molecular flexibility index (Phi) is 5.93. The fourth-order valence-electron chi connectivity index (χ4n) is 1.76. The smallest absolute Gasteiger partial charge is 0.306 e. The Morgan fingerprint density at radius 1 is 1.52 bits per heavy atom. The SMILES string of the molecule is NNc1cccc(C(=O)N(CCO)CC(F)F)c1[N+](=O)[O-]. The highest BCUT2D eigenvalue weighted by atomic mass is 19.3. The number of carbonyl (C=O) groups is 1. The lowest BCUT2D eigenvalue weighted by Gasteiger charge is -2.21. The van der Waals surface area contributed by atoms with Crippen LogP contribution in [0.4, 0.5) is 20.2 Å². The molecule has 0 bridgehead atoms. The van der Waals surface area contributed by atoms with Gasteiger partial charge in [0.15, 0.2) is 0 Å². The van der Waals surface area contributed by atoms with Gasteiger partial charge in [-0.3, -0.25) is 20.8 Å². The molecule has 0 unspecified atom stereocenters. The number of aliphatic hydroxyl groups is 1. The van der Waals surface area contributed by atoms with Gasteiger partial charge in [-0.15, -0.1) is 0 Å². The summed E-state index contributed by atoms with van der Waals surface area (Å²) in [5.74, 6) is 4.16. The molecule has 0 spiro atoms. The minimum absolute atomic E-state index is 0.119. The largest absolute Gasteiger partial charge is 0.395 e. The van der Waals surface area contributed by atoms with Crippen molar-refractivity contribution in [2.45, 2.75) is 6.43 Å². The summed E-state index contributed by atoms with van der Waals surface area (Å²) in [6.45, 7) is -1.83. The summed E-state index contributed by atoms with van der Waals surface area (Å²) >= 11 is 0. The highest BCUT2D eigenvalue weighted by Crippen LogP contribution is 2.29. The van der Waals surface area contributed by atoms with Gasteiger partial charge in [-0.1, -0.05) is 6.07 Å². The molecule has 0 aliphatic carbocycles. The zero-order valence-electron chi connectivity index (χ0n) is 10.8. The van der Waals surface area contributed by atoms with Crippen LogP contribution in [0.15, 0.2) is 18.2 Å². The van der Waals surface area contributed by atoms with Crippen molar-refractivity contribution in [3.05, 3.63) is 33.9 Å². The van der Waals surface area contributed by atoms with Gasteiger partial charge in [-0.2, -0.15) is 0 Å². The number of benzene rings is 1. The molecule has 10 heteroatoms. The Morgan fingerprint density at radius 3 is 2.67 bits per heavy atom. The molecular weight excluding hydrogens is 290 g/mol. The van der Waals surface area contributed by atoms with Gasteiger partial charge < -0.3 is 15.4 Å². The van der Waals surface area contributed by atoms with Crippen molar-refractivity contribution in [2.75, 3.05) is 25.1 Å². The number of alkyl halides is 2. The van der Waals surface area contributed by atoms with E-state index < -0.39 is 36.1 Å². The Bertz CT molecular complexity index is 527. The first-order valence-electron chi connectivity index (χ1n) is 5.84. The highest BCUT2D eigenvalue weighted by Gasteiger charge is 2.28. The van der Waals surface area contributed by atoms with E-state index in [1.807, 2.05) is 0 Å². The summed E-state index contributed by atoms with van der Waals surface area (Å²) in [6, 6.07) is 3.74. The predicted octanol–water partition coefficient (Wildman–Crippen LogP) is 0.580. The Balaban J connectivity index is 3.23. The molecule has 1 amide bonds. The first-order valence-corrected chi connectivity index (χ1v) is 5.84. The number of hydrogen-bond donors (Lipinski definition) is 3. The van der Waals surface area contributed by atoms with Gasteiger partial charge in [-0.25, -0.2) is 8.78 Å². The van der Waals surface area contributed by atoms with Crippen LogP contribution in [0.3, 0.4) is 0 Å². The quantitative estimate of drug-likeness (QED) is 0.385. The zero-order chi connectivity index (χ0) is 16.0. The van der Waals surface area contributed by atoms with E-state index in [-0.39, 0.29) is 17.8 Å². The van der Waals surface area contributed by atoms with E-state index in [4.69, 9.17) is 10.9 Å². The van der Waals surface area contributed by atoms with Gasteiger partial charge in [0, 0.05) is 6.54 Å². The predicted molar refractivity (Wildman–Crippen MR) is 69.9 cm³/mol. The first kappa shape index (κ1) is 16.7. The molecule has 1 aromatic rings. The molecule has 0 heterocycles. The van der Waals surface area contributed by atoms with Crippen LogP contribution in [0.1, 0.15) is 10.4 Å². The molecule has 8 nitrogen and oxygen atoms in total. The average molecular weight is 304 g/mol. The second kappa shape index (κ2) is 7.45. The summed E-state index contributed by atoms with van der Waals surface area (Å²) in [4.78, 5) is 23.0. The summed E-state index contributed by atoms with van der Waals surface area (Å²) in [5.41, 5.74) is 0.962. The lowest BCUT2D eigenvalue weighted by atomic mass is 10.1. The van der Waals surface area contributed by atoms with Gasteiger partial charge in [-0.05, 0) is 12.1 Å². The molecule has 0 fully saturated rings. The number of aliphatic hydroxyl groups excluding tert-OH is 1. The molecule has 0 saturated heterocycles. The van der Waals surface area contributed by atoms with Crippen LogP contribution < -0.4 is 11.3 Å². The lowest BCUT2D eigenvalue weighted by Crippen LogP contribution is -2.37. The Morgan fingerprint density at radius 2 is 2.19 bits per heavy atom. The molecule has 1 aromatic carbocycles. The van der Waals surface area contributed by atoms with E-state index in [0.29, 0.717) is 4.90 Å². The van der Waals surface area contributed by atoms with Crippen LogP contribution in [0, 0.1) is 10.1 Å². The van der Waals surface area contributed by atoms with Crippen molar-refractivity contribution in [1.29, 1.82) is 0 Å². The molecule has 0 aliphatic rings. The number of nitro groups is 1. The number of hydrazine groups is 1. The number of nitrogens with one attached hydrogen (secondary N) is 1. The Labute approximate surface area is 118 Å². The fourth-order valence-corrected chi connectivity index (χ4v) is 1.76. The molecule has 0 aliphatic heterocycles. The minimum atomic E-state index is -2.82. The van der Waals surface area contributed by atoms with E-state index >= 15 is 0 Å². The second-order valence-corrected chi connectivity index (χ2v) is 3.97. The summed E-state index contributed by atoms with van der Waals surface area (Å²) in [5, 5.41) is 19.9. The molecule has 4 N–H and O–H groups in total. The maximum absolute atomic E-state index is 12.4. The number of nitrogens with two attached hydrogens (primary N) is 1. The summed E-state index contributed by atoms with van der Waals surface area (Å²) in [6.07, 6.45) is -2.82. The van der Waals surface area contributed by atoms with E-state index in [1.165, 1.54) is 12.1 Å². The number of nitro benzene ring substituents is 1. The van der Waals surface area contributed by atoms with E-state index in [0.717, 1.165) is 6.07 Å². The normalized spacial score (nSPS) is 10.5. The summed E-state index contributed by atoms with van der Waals surface area (Å²) in [7, 11) is 0. The molecule has 0 radical (unpaired) electrons. The highest BCUT2D eigenvalue weighted by molar-refractivity contribution is 6.00. The van der Waals surface area contributed by atoms with Crippen LogP contribution >= 0.6 is 0 Å². The molecule has 0 aromatic heterocycles. The molecule has 0 saturated carbocycles. The third kappa shape index (κ3) is 4.07. The van der Waals surface area contributed by atoms with Crippen LogP contribution in [0.25, 0.3) is 0 Å². The van der Waals surface area contributed by atoms with Crippen LogP contribution in [0.2, 0.25) is 0 Å². The third-order valence-electron chi connectivity index (χ3n) is 2.62. The van der Waals surface area contributed by atoms with Crippen molar-refractivity contribution in [2.24, 2.45) is 5.84 Å². The number of nitrogens with zero attached hydrogens (tertiary/aromatic N) is 2. The second-order valence-electron chi connectivity index (χ2n) is 3.97. The van der Waals surface area contributed by atoms with Crippen molar-refractivity contribution >= 4 is 17.3 Å². The molecule has 116 valence electrons. The van der Waals surface area contributed by atoms with Crippen molar-refractivity contribution in [3.8, 4) is 0 Å². The van der Waals surface area contributed by atoms with Gasteiger partial charge in [0.1, 0.15) is 11.3 Å². The van der Waals surface area contributed by atoms with Crippen molar-refractivity contribution in [3.63, 3.8) is 0 Å². The van der Waals surface area contributed by atoms with Gasteiger partial charge in [0.2, 0.25) is 0 Å². The fraction of sp³-hybridized carbons (Fsp3) is 0.364. The lowest BCUT2D eigenvalue weighted by molar-refractivity contribution is -0.384. The van der Waals surface area contributed by atoms with E-state index in [9.17, 15) is 23.7 Å². The van der Waals surface area contributed by atoms with Crippen LogP contribution in [0.5, 0.6) is 0 Å². The molecular formula is C11H14F2N4O4. The maximum Gasteiger partial charge on any atom is 0.306 e. The van der Waals surface area contributed by atoms with Crippen molar-refractivity contribution < 1.29 is 23.6 Å². The number of halogens is 2.